The average molecular weight is 372 g/mol. The van der Waals surface area contributed by atoms with Crippen LogP contribution in [0.5, 0.6) is 5.75 Å². The van der Waals surface area contributed by atoms with Gasteiger partial charge in [0.25, 0.3) is 0 Å². The first-order valence-corrected chi connectivity index (χ1v) is 8.95. The fourth-order valence-electron chi connectivity index (χ4n) is 2.48. The summed E-state index contributed by atoms with van der Waals surface area (Å²) in [6.45, 7) is 5.83. The number of hydrogen-bond acceptors (Lipinski definition) is 7. The van der Waals surface area contributed by atoms with Crippen molar-refractivity contribution in [3.05, 3.63) is 40.7 Å². The van der Waals surface area contributed by atoms with Gasteiger partial charge in [0.05, 0.1) is 30.7 Å². The number of aryl methyl sites for hydroxylation is 2. The Kier molecular flexibility index (Phi) is 5.22. The van der Waals surface area contributed by atoms with Crippen molar-refractivity contribution in [1.82, 2.24) is 15.0 Å². The summed E-state index contributed by atoms with van der Waals surface area (Å²) in [6.07, 6.45) is 1.84. The van der Waals surface area contributed by atoms with Gasteiger partial charge in [-0.3, -0.25) is 0 Å². The molecule has 0 amide bonds. The van der Waals surface area contributed by atoms with Crippen molar-refractivity contribution in [1.29, 1.82) is 0 Å². The second-order valence-electron chi connectivity index (χ2n) is 5.58. The number of esters is 1. The van der Waals surface area contributed by atoms with Gasteiger partial charge in [0, 0.05) is 18.0 Å². The van der Waals surface area contributed by atoms with Crippen LogP contribution in [0.2, 0.25) is 0 Å². The summed E-state index contributed by atoms with van der Waals surface area (Å²) in [5, 5.41) is 3.83. The van der Waals surface area contributed by atoms with Gasteiger partial charge in [0.2, 0.25) is 0 Å². The van der Waals surface area contributed by atoms with E-state index in [2.05, 4.69) is 20.3 Å². The molecule has 0 bridgehead atoms. The number of rotatable bonds is 6. The van der Waals surface area contributed by atoms with Crippen LogP contribution in [-0.2, 0) is 4.74 Å². The van der Waals surface area contributed by atoms with E-state index < -0.39 is 0 Å². The molecule has 0 atom stereocenters. The van der Waals surface area contributed by atoms with Gasteiger partial charge in [0.15, 0.2) is 5.13 Å². The second kappa shape index (κ2) is 7.57. The molecular weight excluding hydrogens is 352 g/mol. The quantitative estimate of drug-likeness (QED) is 0.634. The molecule has 0 aliphatic rings. The monoisotopic (exact) mass is 372 g/mol. The van der Waals surface area contributed by atoms with Crippen LogP contribution in [0.3, 0.4) is 0 Å². The number of methoxy groups -OCH3 is 1. The Balaban J connectivity index is 1.85. The summed E-state index contributed by atoms with van der Waals surface area (Å²) in [5.41, 5.74) is 3.23. The molecule has 0 saturated heterocycles. The molecule has 0 spiro atoms. The smallest absolute Gasteiger partial charge is 0.350 e. The highest BCUT2D eigenvalue weighted by Crippen LogP contribution is 2.33. The molecule has 2 aromatic heterocycles. The molecule has 3 rings (SSSR count). The number of carbonyl (C=O) groups excluding carboxylic acids is 1. The van der Waals surface area contributed by atoms with E-state index in [0.717, 1.165) is 22.8 Å². The van der Waals surface area contributed by atoms with E-state index in [1.165, 1.54) is 11.3 Å². The van der Waals surface area contributed by atoms with Crippen molar-refractivity contribution in [3.63, 3.8) is 0 Å². The largest absolute Gasteiger partial charge is 0.496 e. The Morgan fingerprint density at radius 1 is 1.31 bits per heavy atom. The van der Waals surface area contributed by atoms with Crippen LogP contribution in [0.4, 0.5) is 10.8 Å². The van der Waals surface area contributed by atoms with Crippen LogP contribution >= 0.6 is 11.3 Å². The zero-order valence-electron chi connectivity index (χ0n) is 15.0. The van der Waals surface area contributed by atoms with E-state index in [4.69, 9.17) is 9.47 Å². The van der Waals surface area contributed by atoms with Crippen molar-refractivity contribution in [2.24, 2.45) is 0 Å². The second-order valence-corrected chi connectivity index (χ2v) is 6.58. The number of H-pyrrole nitrogens is 1. The first-order chi connectivity index (χ1) is 12.5. The third-order valence-electron chi connectivity index (χ3n) is 3.67. The molecular formula is C18H20N4O3S. The van der Waals surface area contributed by atoms with E-state index >= 15 is 0 Å². The minimum atomic E-state index is -0.350. The molecule has 0 fully saturated rings. The topological polar surface area (TPSA) is 89.1 Å². The lowest BCUT2D eigenvalue weighted by Gasteiger charge is -2.09. The summed E-state index contributed by atoms with van der Waals surface area (Å²) in [5.74, 6) is 1.08. The molecule has 0 saturated carbocycles. The molecule has 8 heteroatoms. The molecule has 3 aromatic rings. The van der Waals surface area contributed by atoms with E-state index in [-0.39, 0.29) is 5.97 Å². The van der Waals surface area contributed by atoms with E-state index in [0.29, 0.717) is 28.1 Å². The Bertz CT molecular complexity index is 932. The Morgan fingerprint density at radius 2 is 2.12 bits per heavy atom. The normalized spacial score (nSPS) is 10.6. The average Bonchev–Trinajstić information content (AvgIpc) is 3.20. The summed E-state index contributed by atoms with van der Waals surface area (Å²) in [4.78, 5) is 24.4. The zero-order valence-corrected chi connectivity index (χ0v) is 15.9. The number of aromatic amines is 1. The summed E-state index contributed by atoms with van der Waals surface area (Å²) >= 11 is 1.26. The predicted molar refractivity (Wildman–Crippen MR) is 101 cm³/mol. The number of benzene rings is 1. The molecule has 2 heterocycles. The maximum Gasteiger partial charge on any atom is 0.350 e. The van der Waals surface area contributed by atoms with Crippen molar-refractivity contribution in [3.8, 4) is 17.1 Å². The number of carbonyl (C=O) groups is 1. The van der Waals surface area contributed by atoms with Crippen molar-refractivity contribution >= 4 is 28.1 Å². The SMILES string of the molecule is CCOC(=O)c1sc(Nc2ccc(-c3nc(C)c[nH]3)c(OC)c2)nc1C. The van der Waals surface area contributed by atoms with Gasteiger partial charge in [0.1, 0.15) is 16.5 Å². The third-order valence-corrected chi connectivity index (χ3v) is 4.72. The number of aromatic nitrogens is 3. The lowest BCUT2D eigenvalue weighted by molar-refractivity contribution is 0.0531. The number of ether oxygens (including phenoxy) is 2. The zero-order chi connectivity index (χ0) is 18.7. The Labute approximate surface area is 155 Å². The van der Waals surface area contributed by atoms with Gasteiger partial charge >= 0.3 is 5.97 Å². The van der Waals surface area contributed by atoms with Gasteiger partial charge < -0.3 is 19.8 Å². The van der Waals surface area contributed by atoms with Crippen molar-refractivity contribution in [2.75, 3.05) is 19.0 Å². The van der Waals surface area contributed by atoms with Crippen molar-refractivity contribution < 1.29 is 14.3 Å². The highest BCUT2D eigenvalue weighted by atomic mass is 32.1. The highest BCUT2D eigenvalue weighted by molar-refractivity contribution is 7.17. The van der Waals surface area contributed by atoms with Crippen LogP contribution in [0.25, 0.3) is 11.4 Å². The lowest BCUT2D eigenvalue weighted by Crippen LogP contribution is -2.03. The highest BCUT2D eigenvalue weighted by Gasteiger charge is 2.17. The molecule has 2 N–H and O–H groups in total. The standard InChI is InChI=1S/C18H20N4O3S/c1-5-25-17(23)15-11(3)21-18(26-15)22-12-6-7-13(14(8-12)24-4)16-19-9-10(2)20-16/h6-9H,5H2,1-4H3,(H,19,20)(H,21,22). The van der Waals surface area contributed by atoms with E-state index in [1.54, 1.807) is 21.0 Å². The van der Waals surface area contributed by atoms with Crippen LogP contribution in [0.15, 0.2) is 24.4 Å². The third kappa shape index (κ3) is 3.70. The van der Waals surface area contributed by atoms with E-state index in [9.17, 15) is 4.79 Å². The number of nitrogens with one attached hydrogen (secondary N) is 2. The molecule has 136 valence electrons. The predicted octanol–water partition coefficient (Wildman–Crippen LogP) is 4.08. The van der Waals surface area contributed by atoms with Crippen LogP contribution in [0, 0.1) is 13.8 Å². The number of hydrogen-bond donors (Lipinski definition) is 2. The molecule has 0 unspecified atom stereocenters. The van der Waals surface area contributed by atoms with Gasteiger partial charge in [-0.2, -0.15) is 0 Å². The Hall–Kier alpha value is -2.87. The molecule has 7 nitrogen and oxygen atoms in total. The minimum absolute atomic E-state index is 0.337. The number of thiazole rings is 1. The first-order valence-electron chi connectivity index (χ1n) is 8.13. The maximum absolute atomic E-state index is 11.9. The summed E-state index contributed by atoms with van der Waals surface area (Å²) < 4.78 is 10.5. The number of imidazole rings is 1. The molecule has 1 aromatic carbocycles. The van der Waals surface area contributed by atoms with Crippen LogP contribution in [0.1, 0.15) is 28.0 Å². The van der Waals surface area contributed by atoms with Crippen molar-refractivity contribution in [2.45, 2.75) is 20.8 Å². The van der Waals surface area contributed by atoms with Gasteiger partial charge in [-0.15, -0.1) is 0 Å². The van der Waals surface area contributed by atoms with Gasteiger partial charge in [-0.1, -0.05) is 11.3 Å². The fraction of sp³-hybridized carbons (Fsp3) is 0.278. The minimum Gasteiger partial charge on any atom is -0.496 e. The fourth-order valence-corrected chi connectivity index (χ4v) is 3.36. The summed E-state index contributed by atoms with van der Waals surface area (Å²) in [7, 11) is 1.62. The van der Waals surface area contributed by atoms with E-state index in [1.807, 2.05) is 31.3 Å². The Morgan fingerprint density at radius 3 is 2.77 bits per heavy atom. The number of anilines is 2. The summed E-state index contributed by atoms with van der Waals surface area (Å²) in [6, 6.07) is 5.70. The van der Waals surface area contributed by atoms with Crippen LogP contribution in [-0.4, -0.2) is 34.6 Å². The molecule has 0 aliphatic carbocycles. The van der Waals surface area contributed by atoms with Gasteiger partial charge in [-0.25, -0.2) is 14.8 Å². The molecule has 0 aliphatic heterocycles. The lowest BCUT2D eigenvalue weighted by atomic mass is 10.1. The molecule has 26 heavy (non-hydrogen) atoms. The first kappa shape index (κ1) is 17.9. The van der Waals surface area contributed by atoms with Gasteiger partial charge in [-0.05, 0) is 32.9 Å². The molecule has 0 radical (unpaired) electrons. The maximum atomic E-state index is 11.9. The van der Waals surface area contributed by atoms with Crippen LogP contribution < -0.4 is 10.1 Å². The number of nitrogens with zero attached hydrogens (tertiary/aromatic N) is 2.